The van der Waals surface area contributed by atoms with Crippen LogP contribution in [0.2, 0.25) is 0 Å². The first-order valence-electron chi connectivity index (χ1n) is 5.18. The van der Waals surface area contributed by atoms with Gasteiger partial charge in [0.1, 0.15) is 0 Å². The topological polar surface area (TPSA) is 46.2 Å². The molecule has 0 aromatic heterocycles. The molecule has 0 unspecified atom stereocenters. The Balaban J connectivity index is 1.92. The molecule has 0 saturated heterocycles. The maximum atomic E-state index is 11.5. The van der Waals surface area contributed by atoms with E-state index in [0.29, 0.717) is 11.8 Å². The molecule has 0 radical (unpaired) electrons. The van der Waals surface area contributed by atoms with Crippen molar-refractivity contribution in [1.29, 1.82) is 0 Å². The second kappa shape index (κ2) is 3.99. The Hall–Kier alpha value is 0.200. The summed E-state index contributed by atoms with van der Waals surface area (Å²) in [6, 6.07) is 0.211. The third-order valence-corrected chi connectivity index (χ3v) is 4.71. The van der Waals surface area contributed by atoms with E-state index in [4.69, 9.17) is 11.6 Å². The Kier molecular flexibility index (Phi) is 3.05. The predicted molar refractivity (Wildman–Crippen MR) is 56.9 cm³/mol. The Morgan fingerprint density at radius 1 is 1.21 bits per heavy atom. The fraction of sp³-hybridized carbons (Fsp3) is 1.00. The van der Waals surface area contributed by atoms with Gasteiger partial charge < -0.3 is 0 Å². The summed E-state index contributed by atoms with van der Waals surface area (Å²) < 4.78 is 25.8. The summed E-state index contributed by atoms with van der Waals surface area (Å²) in [5.74, 6) is 1.43. The Bertz CT molecular complexity index is 284. The molecule has 1 N–H and O–H groups in total. The van der Waals surface area contributed by atoms with Gasteiger partial charge in [-0.3, -0.25) is 0 Å². The fourth-order valence-electron chi connectivity index (χ4n) is 1.86. The molecule has 0 amide bonds. The lowest BCUT2D eigenvalue weighted by atomic mass is 10.1. The van der Waals surface area contributed by atoms with Crippen LogP contribution >= 0.6 is 11.6 Å². The highest BCUT2D eigenvalue weighted by Gasteiger charge is 2.43. The van der Waals surface area contributed by atoms with Gasteiger partial charge in [0, 0.05) is 11.9 Å². The van der Waals surface area contributed by atoms with Gasteiger partial charge in [-0.25, -0.2) is 13.1 Å². The number of sulfonamides is 1. The van der Waals surface area contributed by atoms with Crippen molar-refractivity contribution in [3.63, 3.8) is 0 Å². The molecule has 3 nitrogen and oxygen atoms in total. The lowest BCUT2D eigenvalue weighted by Crippen LogP contribution is -2.39. The average molecular weight is 238 g/mol. The molecule has 0 atom stereocenters. The van der Waals surface area contributed by atoms with E-state index >= 15 is 0 Å². The third kappa shape index (κ3) is 2.84. The van der Waals surface area contributed by atoms with Crippen molar-refractivity contribution in [1.82, 2.24) is 4.72 Å². The van der Waals surface area contributed by atoms with Crippen molar-refractivity contribution in [3.05, 3.63) is 0 Å². The summed E-state index contributed by atoms with van der Waals surface area (Å²) in [5, 5.41) is 0. The number of hydrogen-bond acceptors (Lipinski definition) is 2. The van der Waals surface area contributed by atoms with E-state index in [1.165, 1.54) is 25.7 Å². The van der Waals surface area contributed by atoms with Crippen LogP contribution in [-0.4, -0.2) is 26.1 Å². The van der Waals surface area contributed by atoms with Crippen molar-refractivity contribution < 1.29 is 8.42 Å². The van der Waals surface area contributed by atoms with E-state index in [1.807, 2.05) is 0 Å². The predicted octanol–water partition coefficient (Wildman–Crippen LogP) is 1.33. The molecule has 2 aliphatic carbocycles. The lowest BCUT2D eigenvalue weighted by Gasteiger charge is -2.16. The molecule has 0 aromatic rings. The lowest BCUT2D eigenvalue weighted by molar-refractivity contribution is 0.472. The van der Waals surface area contributed by atoms with Crippen LogP contribution in [0.15, 0.2) is 0 Å². The second-order valence-electron chi connectivity index (χ2n) is 4.33. The summed E-state index contributed by atoms with van der Waals surface area (Å²) in [4.78, 5) is 0. The molecule has 0 aromatic carbocycles. The Labute approximate surface area is 90.3 Å². The standard InChI is InChI=1S/C9H16ClNO2S/c10-5-6-14(12,13)11-9(7-1-2-7)8-3-4-8/h7-9,11H,1-6H2. The van der Waals surface area contributed by atoms with Gasteiger partial charge in [-0.1, -0.05) is 0 Å². The van der Waals surface area contributed by atoms with Crippen LogP contribution in [0.25, 0.3) is 0 Å². The van der Waals surface area contributed by atoms with Crippen molar-refractivity contribution >= 4 is 21.6 Å². The van der Waals surface area contributed by atoms with Gasteiger partial charge in [0.15, 0.2) is 0 Å². The first-order valence-corrected chi connectivity index (χ1v) is 7.37. The fourth-order valence-corrected chi connectivity index (χ4v) is 3.59. The molecule has 0 heterocycles. The minimum atomic E-state index is -3.12. The number of alkyl halides is 1. The molecule has 2 fully saturated rings. The van der Waals surface area contributed by atoms with E-state index in [0.717, 1.165) is 0 Å². The molecular formula is C9H16ClNO2S. The third-order valence-electron chi connectivity index (χ3n) is 2.92. The van der Waals surface area contributed by atoms with Crippen LogP contribution < -0.4 is 4.72 Å². The molecule has 2 aliphatic rings. The highest BCUT2D eigenvalue weighted by atomic mass is 35.5. The number of halogens is 1. The van der Waals surface area contributed by atoms with Crippen LogP contribution in [0.4, 0.5) is 0 Å². The van der Waals surface area contributed by atoms with E-state index in [1.54, 1.807) is 0 Å². The van der Waals surface area contributed by atoms with Gasteiger partial charge in [-0.15, -0.1) is 11.6 Å². The van der Waals surface area contributed by atoms with Gasteiger partial charge in [-0.2, -0.15) is 0 Å². The van der Waals surface area contributed by atoms with Crippen LogP contribution in [-0.2, 0) is 10.0 Å². The zero-order chi connectivity index (χ0) is 10.2. The number of nitrogens with one attached hydrogen (secondary N) is 1. The molecule has 2 rings (SSSR count). The van der Waals surface area contributed by atoms with E-state index in [9.17, 15) is 8.42 Å². The van der Waals surface area contributed by atoms with Gasteiger partial charge in [0.05, 0.1) is 5.75 Å². The Morgan fingerprint density at radius 3 is 2.07 bits per heavy atom. The summed E-state index contributed by atoms with van der Waals surface area (Å²) in [6.07, 6.45) is 4.74. The molecule has 0 bridgehead atoms. The van der Waals surface area contributed by atoms with E-state index < -0.39 is 10.0 Å². The quantitative estimate of drug-likeness (QED) is 0.709. The number of rotatable bonds is 6. The summed E-state index contributed by atoms with van der Waals surface area (Å²) >= 11 is 5.44. The first-order chi connectivity index (χ1) is 6.62. The van der Waals surface area contributed by atoms with Crippen LogP contribution in [0.3, 0.4) is 0 Å². The van der Waals surface area contributed by atoms with Gasteiger partial charge in [-0.05, 0) is 37.5 Å². The summed E-state index contributed by atoms with van der Waals surface area (Å²) in [7, 11) is -3.12. The Morgan fingerprint density at radius 2 is 1.71 bits per heavy atom. The second-order valence-corrected chi connectivity index (χ2v) is 6.58. The number of hydrogen-bond donors (Lipinski definition) is 1. The summed E-state index contributed by atoms with van der Waals surface area (Å²) in [5.41, 5.74) is 0. The van der Waals surface area contributed by atoms with Crippen LogP contribution in [0.5, 0.6) is 0 Å². The zero-order valence-electron chi connectivity index (χ0n) is 8.08. The molecular weight excluding hydrogens is 222 g/mol. The van der Waals surface area contributed by atoms with Gasteiger partial charge in [0.2, 0.25) is 10.0 Å². The molecule has 5 heteroatoms. The van der Waals surface area contributed by atoms with Crippen molar-refractivity contribution in [2.45, 2.75) is 31.7 Å². The molecule has 0 spiro atoms. The normalized spacial score (nSPS) is 23.0. The minimum absolute atomic E-state index is 0.0461. The van der Waals surface area contributed by atoms with Crippen molar-refractivity contribution in [2.75, 3.05) is 11.6 Å². The smallest absolute Gasteiger partial charge is 0.212 e. The minimum Gasteiger partial charge on any atom is -0.212 e. The first kappa shape index (κ1) is 10.7. The largest absolute Gasteiger partial charge is 0.213 e. The van der Waals surface area contributed by atoms with Crippen molar-refractivity contribution in [3.8, 4) is 0 Å². The van der Waals surface area contributed by atoms with Crippen molar-refractivity contribution in [2.24, 2.45) is 11.8 Å². The summed E-state index contributed by atoms with van der Waals surface area (Å²) in [6.45, 7) is 0. The highest BCUT2D eigenvalue weighted by Crippen LogP contribution is 2.44. The molecule has 82 valence electrons. The monoisotopic (exact) mass is 237 g/mol. The maximum absolute atomic E-state index is 11.5. The SMILES string of the molecule is O=S(=O)(CCCl)NC(C1CC1)C1CC1. The van der Waals surface area contributed by atoms with Gasteiger partial charge in [0.25, 0.3) is 0 Å². The van der Waals surface area contributed by atoms with Crippen LogP contribution in [0.1, 0.15) is 25.7 Å². The average Bonchev–Trinajstić information content (AvgIpc) is 2.96. The molecule has 0 aliphatic heterocycles. The molecule has 14 heavy (non-hydrogen) atoms. The van der Waals surface area contributed by atoms with Crippen LogP contribution in [0, 0.1) is 11.8 Å². The maximum Gasteiger partial charge on any atom is 0.213 e. The van der Waals surface area contributed by atoms with E-state index in [-0.39, 0.29) is 17.7 Å². The van der Waals surface area contributed by atoms with E-state index in [2.05, 4.69) is 4.72 Å². The van der Waals surface area contributed by atoms with Gasteiger partial charge >= 0.3 is 0 Å². The zero-order valence-corrected chi connectivity index (χ0v) is 9.65. The highest BCUT2D eigenvalue weighted by molar-refractivity contribution is 7.89. The molecule has 2 saturated carbocycles.